The molecule has 0 spiro atoms. The van der Waals surface area contributed by atoms with Gasteiger partial charge in [0.05, 0.1) is 17.2 Å². The number of halogens is 1. The van der Waals surface area contributed by atoms with E-state index in [4.69, 9.17) is 5.73 Å². The van der Waals surface area contributed by atoms with Crippen LogP contribution >= 0.6 is 0 Å². The Labute approximate surface area is 123 Å². The Morgan fingerprint density at radius 1 is 1.43 bits per heavy atom. The van der Waals surface area contributed by atoms with E-state index in [0.717, 1.165) is 10.4 Å². The van der Waals surface area contributed by atoms with Gasteiger partial charge in [0, 0.05) is 12.6 Å². The van der Waals surface area contributed by atoms with E-state index in [2.05, 4.69) is 0 Å². The van der Waals surface area contributed by atoms with Crippen LogP contribution in [-0.4, -0.2) is 45.2 Å². The lowest BCUT2D eigenvalue weighted by atomic mass is 10.3. The van der Waals surface area contributed by atoms with Crippen LogP contribution in [0.3, 0.4) is 0 Å². The fourth-order valence-electron chi connectivity index (χ4n) is 2.54. The highest BCUT2D eigenvalue weighted by molar-refractivity contribution is 7.92. The first-order valence-corrected chi connectivity index (χ1v) is 9.71. The van der Waals surface area contributed by atoms with Crippen molar-refractivity contribution >= 4 is 25.5 Å². The van der Waals surface area contributed by atoms with Crippen LogP contribution in [0.4, 0.5) is 10.1 Å². The van der Waals surface area contributed by atoms with E-state index in [1.165, 1.54) is 12.1 Å². The van der Waals surface area contributed by atoms with Crippen molar-refractivity contribution in [2.75, 3.05) is 23.8 Å². The fourth-order valence-corrected chi connectivity index (χ4v) is 6.19. The van der Waals surface area contributed by atoms with Crippen LogP contribution in [0.5, 0.6) is 0 Å². The van der Waals surface area contributed by atoms with E-state index in [-0.39, 0.29) is 30.2 Å². The molecular weight excluding hydrogens is 319 g/mol. The highest BCUT2D eigenvalue weighted by Gasteiger charge is 2.39. The van der Waals surface area contributed by atoms with E-state index >= 15 is 0 Å². The van der Waals surface area contributed by atoms with Crippen molar-refractivity contribution in [3.8, 4) is 0 Å². The first kappa shape index (κ1) is 16.2. The molecule has 0 aliphatic carbocycles. The van der Waals surface area contributed by atoms with Crippen LogP contribution in [-0.2, 0) is 19.9 Å². The first-order valence-electron chi connectivity index (χ1n) is 6.45. The Morgan fingerprint density at radius 2 is 2.10 bits per heavy atom. The minimum Gasteiger partial charge on any atom is -0.398 e. The molecule has 9 heteroatoms. The van der Waals surface area contributed by atoms with Gasteiger partial charge < -0.3 is 5.73 Å². The Morgan fingerprint density at radius 3 is 2.57 bits per heavy atom. The lowest BCUT2D eigenvalue weighted by molar-refractivity contribution is 0.352. The van der Waals surface area contributed by atoms with Crippen molar-refractivity contribution < 1.29 is 21.2 Å². The topological polar surface area (TPSA) is 97.5 Å². The Bertz CT molecular complexity index is 726. The number of hydrogen-bond acceptors (Lipinski definition) is 5. The summed E-state index contributed by atoms with van der Waals surface area (Å²) >= 11 is 0. The van der Waals surface area contributed by atoms with Gasteiger partial charge in [0.1, 0.15) is 10.7 Å². The Hall–Kier alpha value is -1.19. The lowest BCUT2D eigenvalue weighted by Gasteiger charge is -2.26. The largest absolute Gasteiger partial charge is 0.398 e. The summed E-state index contributed by atoms with van der Waals surface area (Å²) in [6.45, 7) is 1.63. The smallest absolute Gasteiger partial charge is 0.248 e. The van der Waals surface area contributed by atoms with Crippen LogP contribution < -0.4 is 5.73 Å². The van der Waals surface area contributed by atoms with E-state index < -0.39 is 36.6 Å². The number of nitrogen functional groups attached to an aromatic ring is 1. The molecule has 118 valence electrons. The molecule has 1 atom stereocenters. The third kappa shape index (κ3) is 3.04. The quantitative estimate of drug-likeness (QED) is 0.812. The minimum atomic E-state index is -4.18. The molecule has 21 heavy (non-hydrogen) atoms. The van der Waals surface area contributed by atoms with Gasteiger partial charge in [0.15, 0.2) is 9.84 Å². The summed E-state index contributed by atoms with van der Waals surface area (Å²) in [5.41, 5.74) is 5.40. The van der Waals surface area contributed by atoms with E-state index in [9.17, 15) is 21.2 Å². The third-order valence-electron chi connectivity index (χ3n) is 3.49. The van der Waals surface area contributed by atoms with Gasteiger partial charge in [0.2, 0.25) is 10.0 Å². The fraction of sp³-hybridized carbons (Fsp3) is 0.500. The summed E-state index contributed by atoms with van der Waals surface area (Å²) in [6, 6.07) is 2.96. The van der Waals surface area contributed by atoms with Gasteiger partial charge in [-0.3, -0.25) is 0 Å². The van der Waals surface area contributed by atoms with Crippen molar-refractivity contribution in [2.24, 2.45) is 0 Å². The maximum Gasteiger partial charge on any atom is 0.248 e. The predicted molar refractivity (Wildman–Crippen MR) is 77.4 cm³/mol. The molecule has 1 aromatic carbocycles. The number of benzene rings is 1. The molecule has 0 aromatic heterocycles. The monoisotopic (exact) mass is 336 g/mol. The van der Waals surface area contributed by atoms with Crippen LogP contribution in [0, 0.1) is 5.82 Å². The molecule has 1 aromatic rings. The number of rotatable bonds is 4. The zero-order valence-corrected chi connectivity index (χ0v) is 13.1. The van der Waals surface area contributed by atoms with Crippen molar-refractivity contribution in [3.63, 3.8) is 0 Å². The SMILES string of the molecule is CCN(C1CCS(=O)(=O)C1)S(=O)(=O)c1c(N)cccc1F. The van der Waals surface area contributed by atoms with Crippen LogP contribution in [0.15, 0.2) is 23.1 Å². The zero-order valence-electron chi connectivity index (χ0n) is 11.5. The third-order valence-corrected chi connectivity index (χ3v) is 7.36. The van der Waals surface area contributed by atoms with E-state index in [0.29, 0.717) is 0 Å². The molecule has 1 heterocycles. The van der Waals surface area contributed by atoms with E-state index in [1.807, 2.05) is 0 Å². The number of nitrogens with two attached hydrogens (primary N) is 1. The molecule has 1 unspecified atom stereocenters. The molecule has 1 aliphatic rings. The average Bonchev–Trinajstić information content (AvgIpc) is 2.69. The number of anilines is 1. The molecule has 1 aliphatic heterocycles. The van der Waals surface area contributed by atoms with Gasteiger partial charge in [-0.15, -0.1) is 0 Å². The Balaban J connectivity index is 2.46. The maximum atomic E-state index is 13.9. The molecule has 2 rings (SSSR count). The molecule has 0 amide bonds. The van der Waals surface area contributed by atoms with Crippen molar-refractivity contribution in [1.29, 1.82) is 0 Å². The van der Waals surface area contributed by atoms with Crippen LogP contribution in [0.2, 0.25) is 0 Å². The van der Waals surface area contributed by atoms with Gasteiger partial charge in [-0.05, 0) is 18.6 Å². The molecule has 0 saturated carbocycles. The molecule has 6 nitrogen and oxygen atoms in total. The highest BCUT2D eigenvalue weighted by atomic mass is 32.2. The van der Waals surface area contributed by atoms with Crippen LogP contribution in [0.1, 0.15) is 13.3 Å². The van der Waals surface area contributed by atoms with Gasteiger partial charge in [-0.1, -0.05) is 13.0 Å². The summed E-state index contributed by atoms with van der Waals surface area (Å²) in [6.07, 6.45) is 0.212. The maximum absolute atomic E-state index is 13.9. The van der Waals surface area contributed by atoms with Gasteiger partial charge in [-0.25, -0.2) is 21.2 Å². The Kier molecular flexibility index (Phi) is 4.27. The second-order valence-corrected chi connectivity index (χ2v) is 8.98. The molecular formula is C12H17FN2O4S2. The van der Waals surface area contributed by atoms with Gasteiger partial charge >= 0.3 is 0 Å². The number of hydrogen-bond donors (Lipinski definition) is 1. The summed E-state index contributed by atoms with van der Waals surface area (Å²) in [5, 5.41) is 0. The molecule has 0 radical (unpaired) electrons. The standard InChI is InChI=1S/C12H17FN2O4S2/c1-2-15(9-6-7-20(16,17)8-9)21(18,19)12-10(13)4-3-5-11(12)14/h3-5,9H,2,6-8,14H2,1H3. The normalized spacial score (nSPS) is 21.8. The lowest BCUT2D eigenvalue weighted by Crippen LogP contribution is -2.41. The first-order chi connectivity index (χ1) is 9.69. The second-order valence-electron chi connectivity index (χ2n) is 4.92. The van der Waals surface area contributed by atoms with Gasteiger partial charge in [-0.2, -0.15) is 4.31 Å². The summed E-state index contributed by atoms with van der Waals surface area (Å²) < 4.78 is 63.2. The van der Waals surface area contributed by atoms with Crippen molar-refractivity contribution in [1.82, 2.24) is 4.31 Å². The highest BCUT2D eigenvalue weighted by Crippen LogP contribution is 2.29. The number of sulfonamides is 1. The summed E-state index contributed by atoms with van der Waals surface area (Å²) in [5.74, 6) is -1.24. The van der Waals surface area contributed by atoms with Gasteiger partial charge in [0.25, 0.3) is 0 Å². The number of nitrogens with zero attached hydrogens (tertiary/aromatic N) is 1. The predicted octanol–water partition coefficient (Wildman–Crippen LogP) is 0.606. The minimum absolute atomic E-state index is 0.0519. The van der Waals surface area contributed by atoms with Crippen LogP contribution in [0.25, 0.3) is 0 Å². The number of sulfone groups is 1. The van der Waals surface area contributed by atoms with Crippen molar-refractivity contribution in [2.45, 2.75) is 24.3 Å². The molecule has 1 saturated heterocycles. The molecule has 2 N–H and O–H groups in total. The summed E-state index contributed by atoms with van der Waals surface area (Å²) in [7, 11) is -7.42. The zero-order chi connectivity index (χ0) is 15.8. The van der Waals surface area contributed by atoms with E-state index in [1.54, 1.807) is 6.92 Å². The average molecular weight is 336 g/mol. The molecule has 0 bridgehead atoms. The summed E-state index contributed by atoms with van der Waals surface area (Å²) in [4.78, 5) is -0.587. The second kappa shape index (κ2) is 5.54. The molecule has 1 fully saturated rings. The van der Waals surface area contributed by atoms with Crippen molar-refractivity contribution in [3.05, 3.63) is 24.0 Å².